The van der Waals surface area contributed by atoms with Crippen molar-refractivity contribution in [1.82, 2.24) is 0 Å². The third-order valence-corrected chi connectivity index (χ3v) is 10.2. The molecular weight excluding hydrogens is 623 g/mol. The average Bonchev–Trinajstić information content (AvgIpc) is 3.78. The molecule has 0 bridgehead atoms. The second-order valence-electron chi connectivity index (χ2n) is 13.2. The summed E-state index contributed by atoms with van der Waals surface area (Å²) in [5.41, 5.74) is 14.3. The van der Waals surface area contributed by atoms with Gasteiger partial charge >= 0.3 is 0 Å². The van der Waals surface area contributed by atoms with Crippen molar-refractivity contribution in [3.05, 3.63) is 181 Å². The summed E-state index contributed by atoms with van der Waals surface area (Å²) in [6, 6.07) is 58.1. The fourth-order valence-corrected chi connectivity index (χ4v) is 7.66. The van der Waals surface area contributed by atoms with E-state index in [4.69, 9.17) is 8.83 Å². The molecule has 0 saturated heterocycles. The molecule has 0 radical (unpaired) electrons. The minimum Gasteiger partial charge on any atom is -0.456 e. The predicted molar refractivity (Wildman–Crippen MR) is 212 cm³/mol. The van der Waals surface area contributed by atoms with Crippen molar-refractivity contribution in [1.29, 1.82) is 0 Å². The van der Waals surface area contributed by atoms with E-state index in [1.807, 2.05) is 12.1 Å². The van der Waals surface area contributed by atoms with Crippen LogP contribution >= 0.6 is 0 Å². The van der Waals surface area contributed by atoms with Crippen LogP contribution in [0.5, 0.6) is 0 Å². The molecule has 0 aliphatic heterocycles. The van der Waals surface area contributed by atoms with Gasteiger partial charge in [0.05, 0.1) is 0 Å². The second-order valence-corrected chi connectivity index (χ2v) is 13.2. The van der Waals surface area contributed by atoms with Gasteiger partial charge in [0, 0.05) is 49.9 Å². The molecule has 0 unspecified atom stereocenters. The first-order valence-electron chi connectivity index (χ1n) is 17.6. The van der Waals surface area contributed by atoms with E-state index in [0.29, 0.717) is 0 Å². The van der Waals surface area contributed by atoms with Crippen LogP contribution in [0.1, 0.15) is 17.7 Å². The highest BCUT2D eigenvalue weighted by atomic mass is 16.3. The highest BCUT2D eigenvalue weighted by Crippen LogP contribution is 2.41. The largest absolute Gasteiger partial charge is 0.456 e. The van der Waals surface area contributed by atoms with Crippen molar-refractivity contribution in [2.24, 2.45) is 0 Å². The molecule has 0 amide bonds. The quantitative estimate of drug-likeness (QED) is 0.179. The molecule has 2 aromatic heterocycles. The zero-order valence-electron chi connectivity index (χ0n) is 27.9. The third kappa shape index (κ3) is 5.05. The molecule has 1 aliphatic rings. The van der Waals surface area contributed by atoms with Crippen LogP contribution in [-0.2, 0) is 6.42 Å². The number of rotatable bonds is 6. The smallest absolute Gasteiger partial charge is 0.143 e. The summed E-state index contributed by atoms with van der Waals surface area (Å²) >= 11 is 0. The average molecular weight is 656 g/mol. The second kappa shape index (κ2) is 12.1. The highest BCUT2D eigenvalue weighted by Gasteiger charge is 2.19. The van der Waals surface area contributed by atoms with E-state index in [0.717, 1.165) is 85.4 Å². The van der Waals surface area contributed by atoms with Crippen LogP contribution in [0, 0.1) is 0 Å². The Morgan fingerprint density at radius 2 is 0.941 bits per heavy atom. The van der Waals surface area contributed by atoms with Crippen molar-refractivity contribution in [3.8, 4) is 33.4 Å². The first kappa shape index (κ1) is 29.3. The monoisotopic (exact) mass is 655 g/mol. The Labute approximate surface area is 296 Å². The molecule has 0 atom stereocenters. The maximum absolute atomic E-state index is 6.40. The molecule has 0 fully saturated rings. The lowest BCUT2D eigenvalue weighted by Gasteiger charge is -2.26. The zero-order chi connectivity index (χ0) is 33.7. The number of benzene rings is 7. The van der Waals surface area contributed by atoms with Crippen molar-refractivity contribution in [3.63, 3.8) is 0 Å². The van der Waals surface area contributed by atoms with Crippen LogP contribution in [0.3, 0.4) is 0 Å². The minimum atomic E-state index is 0.916. The van der Waals surface area contributed by atoms with Crippen LogP contribution < -0.4 is 4.90 Å². The number of para-hydroxylation sites is 4. The summed E-state index contributed by atoms with van der Waals surface area (Å²) in [6.45, 7) is 0. The molecule has 7 aromatic carbocycles. The van der Waals surface area contributed by atoms with Crippen molar-refractivity contribution in [2.75, 3.05) is 4.90 Å². The van der Waals surface area contributed by atoms with Gasteiger partial charge in [0.2, 0.25) is 0 Å². The Kier molecular flexibility index (Phi) is 6.95. The van der Waals surface area contributed by atoms with Crippen LogP contribution in [0.4, 0.5) is 17.1 Å². The lowest BCUT2D eigenvalue weighted by molar-refractivity contribution is 0.596. The van der Waals surface area contributed by atoms with Gasteiger partial charge in [0.1, 0.15) is 22.5 Å². The summed E-state index contributed by atoms with van der Waals surface area (Å²) in [6.07, 6.45) is 6.40. The van der Waals surface area contributed by atoms with E-state index in [2.05, 4.69) is 169 Å². The first-order chi connectivity index (χ1) is 25.3. The van der Waals surface area contributed by atoms with Crippen molar-refractivity contribution >= 4 is 56.0 Å². The number of anilines is 3. The third-order valence-electron chi connectivity index (χ3n) is 10.2. The Balaban J connectivity index is 0.960. The lowest BCUT2D eigenvalue weighted by Crippen LogP contribution is -2.09. The molecular formula is C48H33NO2. The molecule has 0 spiro atoms. The number of nitrogens with zero attached hydrogens (tertiary/aromatic N) is 1. The van der Waals surface area contributed by atoms with Crippen LogP contribution in [0.2, 0.25) is 0 Å². The highest BCUT2D eigenvalue weighted by molar-refractivity contribution is 6.09. The topological polar surface area (TPSA) is 29.5 Å². The first-order valence-corrected chi connectivity index (χ1v) is 17.6. The molecule has 0 saturated carbocycles. The predicted octanol–water partition coefficient (Wildman–Crippen LogP) is 13.8. The van der Waals surface area contributed by atoms with E-state index in [-0.39, 0.29) is 0 Å². The lowest BCUT2D eigenvalue weighted by atomic mass is 9.97. The van der Waals surface area contributed by atoms with E-state index < -0.39 is 0 Å². The maximum atomic E-state index is 6.40. The fraction of sp³-hybridized carbons (Fsp3) is 0.0417. The standard InChI is InChI=1S/C48H33NO2/c1-2-10-36(11-3-1)49(38-30-26-35(27-31-38)40-15-9-17-44-42-13-5-7-19-46(42)51-48(40)44)37-28-24-33(25-29-37)32-20-22-34(23-21-32)39-14-8-16-43-41-12-4-6-18-45(41)50-47(39)43/h1-4,6-12,14-31H,5,13H2. The number of hydrogen-bond acceptors (Lipinski definition) is 3. The van der Waals surface area contributed by atoms with Crippen LogP contribution in [-0.4, -0.2) is 0 Å². The van der Waals surface area contributed by atoms with E-state index in [9.17, 15) is 0 Å². The van der Waals surface area contributed by atoms with Crippen LogP contribution in [0.15, 0.2) is 179 Å². The van der Waals surface area contributed by atoms with Gasteiger partial charge in [0.15, 0.2) is 0 Å². The Morgan fingerprint density at radius 1 is 0.412 bits per heavy atom. The Hall–Kier alpha value is -6.58. The molecule has 242 valence electrons. The molecule has 3 nitrogen and oxygen atoms in total. The summed E-state index contributed by atoms with van der Waals surface area (Å²) in [5, 5.41) is 3.51. The Morgan fingerprint density at radius 3 is 1.65 bits per heavy atom. The zero-order valence-corrected chi connectivity index (χ0v) is 27.9. The van der Waals surface area contributed by atoms with Crippen molar-refractivity contribution in [2.45, 2.75) is 12.8 Å². The van der Waals surface area contributed by atoms with Gasteiger partial charge in [-0.3, -0.25) is 0 Å². The number of fused-ring (bicyclic) bond motifs is 6. The summed E-state index contributed by atoms with van der Waals surface area (Å²) in [5.74, 6) is 0.996. The number of allylic oxidation sites excluding steroid dienone is 1. The van der Waals surface area contributed by atoms with Gasteiger partial charge in [-0.05, 0) is 83.6 Å². The molecule has 1 aliphatic carbocycles. The molecule has 10 rings (SSSR count). The molecule has 2 heterocycles. The van der Waals surface area contributed by atoms with E-state index in [1.165, 1.54) is 22.1 Å². The summed E-state index contributed by atoms with van der Waals surface area (Å²) in [4.78, 5) is 2.31. The number of aryl methyl sites for hydroxylation is 1. The molecule has 0 N–H and O–H groups in total. The number of hydrogen-bond donors (Lipinski definition) is 0. The minimum absolute atomic E-state index is 0.916. The van der Waals surface area contributed by atoms with Gasteiger partial charge < -0.3 is 13.7 Å². The normalized spacial score (nSPS) is 12.5. The van der Waals surface area contributed by atoms with E-state index in [1.54, 1.807) is 0 Å². The maximum Gasteiger partial charge on any atom is 0.143 e. The van der Waals surface area contributed by atoms with Gasteiger partial charge in [0.25, 0.3) is 0 Å². The Bertz CT molecular complexity index is 2710. The van der Waals surface area contributed by atoms with Crippen LogP contribution in [0.25, 0.3) is 72.4 Å². The number of furan rings is 2. The van der Waals surface area contributed by atoms with Gasteiger partial charge in [-0.15, -0.1) is 0 Å². The van der Waals surface area contributed by atoms with E-state index >= 15 is 0 Å². The molecule has 51 heavy (non-hydrogen) atoms. The summed E-state index contributed by atoms with van der Waals surface area (Å²) in [7, 11) is 0. The van der Waals surface area contributed by atoms with Crippen molar-refractivity contribution < 1.29 is 8.83 Å². The fourth-order valence-electron chi connectivity index (χ4n) is 7.66. The molecule has 9 aromatic rings. The van der Waals surface area contributed by atoms with Gasteiger partial charge in [-0.2, -0.15) is 0 Å². The summed E-state index contributed by atoms with van der Waals surface area (Å²) < 4.78 is 12.7. The molecule has 3 heteroatoms. The SMILES string of the molecule is C1=Cc2oc3c(-c4ccc(N(c5ccccc5)c5ccc(-c6ccc(-c7cccc8c7oc7ccccc78)cc6)cc5)cc4)cccc3c2CC1. The van der Waals surface area contributed by atoms with Gasteiger partial charge in [-0.1, -0.05) is 127 Å². The van der Waals surface area contributed by atoms with Gasteiger partial charge in [-0.25, -0.2) is 0 Å².